The van der Waals surface area contributed by atoms with Crippen molar-refractivity contribution in [2.45, 2.75) is 19.4 Å². The second kappa shape index (κ2) is 9.20. The van der Waals surface area contributed by atoms with Gasteiger partial charge in [-0.15, -0.1) is 11.3 Å². The van der Waals surface area contributed by atoms with Crippen molar-refractivity contribution >= 4 is 39.2 Å². The molecule has 30 heavy (non-hydrogen) atoms. The SMILES string of the molecule is CCN(C#N)C(=O)C(Cc1csc2ccccc12)NC(=O)c1ccccc1C(=O)O. The molecule has 1 atom stereocenters. The third-order valence-corrected chi connectivity index (χ3v) is 5.71. The first-order chi connectivity index (χ1) is 14.5. The Morgan fingerprint density at radius 1 is 1.13 bits per heavy atom. The molecule has 1 unspecified atom stereocenters. The molecule has 3 aromatic rings. The van der Waals surface area contributed by atoms with Gasteiger partial charge < -0.3 is 10.4 Å². The van der Waals surface area contributed by atoms with Crippen molar-refractivity contribution in [3.8, 4) is 6.19 Å². The van der Waals surface area contributed by atoms with Gasteiger partial charge in [-0.3, -0.25) is 9.59 Å². The van der Waals surface area contributed by atoms with Crippen LogP contribution in [0.4, 0.5) is 0 Å². The van der Waals surface area contributed by atoms with Crippen LogP contribution in [-0.4, -0.2) is 40.4 Å². The van der Waals surface area contributed by atoms with E-state index in [1.165, 1.54) is 29.5 Å². The molecular formula is C22H19N3O4S. The number of fused-ring (bicyclic) bond motifs is 1. The third-order valence-electron chi connectivity index (χ3n) is 4.69. The number of likely N-dealkylation sites (N-methyl/N-ethyl adjacent to an activating group) is 1. The maximum atomic E-state index is 12.9. The smallest absolute Gasteiger partial charge is 0.336 e. The molecule has 0 saturated heterocycles. The van der Waals surface area contributed by atoms with Crippen LogP contribution in [-0.2, 0) is 11.2 Å². The Labute approximate surface area is 177 Å². The number of carbonyl (C=O) groups is 3. The molecule has 0 fully saturated rings. The van der Waals surface area contributed by atoms with E-state index in [0.717, 1.165) is 20.5 Å². The summed E-state index contributed by atoms with van der Waals surface area (Å²) in [7, 11) is 0. The Morgan fingerprint density at radius 3 is 2.47 bits per heavy atom. The van der Waals surface area contributed by atoms with Crippen molar-refractivity contribution in [2.24, 2.45) is 0 Å². The molecule has 7 nitrogen and oxygen atoms in total. The molecular weight excluding hydrogens is 402 g/mol. The monoisotopic (exact) mass is 421 g/mol. The maximum Gasteiger partial charge on any atom is 0.336 e. The van der Waals surface area contributed by atoms with E-state index >= 15 is 0 Å². The molecule has 0 aliphatic heterocycles. The summed E-state index contributed by atoms with van der Waals surface area (Å²) in [6.45, 7) is 1.83. The average Bonchev–Trinajstić information content (AvgIpc) is 3.16. The van der Waals surface area contributed by atoms with E-state index < -0.39 is 23.8 Å². The third kappa shape index (κ3) is 4.31. The minimum absolute atomic E-state index is 0.0435. The fourth-order valence-corrected chi connectivity index (χ4v) is 4.15. The van der Waals surface area contributed by atoms with Crippen LogP contribution in [0.2, 0.25) is 0 Å². The van der Waals surface area contributed by atoms with Gasteiger partial charge in [0.1, 0.15) is 6.04 Å². The number of amides is 2. The van der Waals surface area contributed by atoms with Gasteiger partial charge in [-0.2, -0.15) is 5.26 Å². The number of carboxylic acids is 1. The Hall–Kier alpha value is -3.70. The first kappa shape index (κ1) is 21.0. The van der Waals surface area contributed by atoms with E-state index in [0.29, 0.717) is 0 Å². The van der Waals surface area contributed by atoms with Gasteiger partial charge in [0.2, 0.25) is 0 Å². The number of benzene rings is 2. The number of aromatic carboxylic acids is 1. The molecule has 0 bridgehead atoms. The van der Waals surface area contributed by atoms with E-state index in [2.05, 4.69) is 5.32 Å². The summed E-state index contributed by atoms with van der Waals surface area (Å²) in [5.74, 6) is -2.46. The molecule has 2 amide bonds. The van der Waals surface area contributed by atoms with Crippen LogP contribution in [0.1, 0.15) is 33.2 Å². The lowest BCUT2D eigenvalue weighted by molar-refractivity contribution is -0.130. The lowest BCUT2D eigenvalue weighted by atomic mass is 10.0. The molecule has 8 heteroatoms. The minimum atomic E-state index is -1.24. The molecule has 0 saturated carbocycles. The van der Waals surface area contributed by atoms with Crippen molar-refractivity contribution in [3.63, 3.8) is 0 Å². The van der Waals surface area contributed by atoms with Crippen molar-refractivity contribution in [3.05, 3.63) is 70.6 Å². The second-order valence-electron chi connectivity index (χ2n) is 6.52. The van der Waals surface area contributed by atoms with E-state index in [9.17, 15) is 24.8 Å². The highest BCUT2D eigenvalue weighted by molar-refractivity contribution is 7.17. The number of hydrogen-bond acceptors (Lipinski definition) is 5. The van der Waals surface area contributed by atoms with E-state index in [1.807, 2.05) is 35.8 Å². The number of nitrogens with zero attached hydrogens (tertiary/aromatic N) is 2. The summed E-state index contributed by atoms with van der Waals surface area (Å²) in [6, 6.07) is 12.5. The molecule has 0 aliphatic rings. The molecule has 0 aliphatic carbocycles. The topological polar surface area (TPSA) is 111 Å². The molecule has 3 rings (SSSR count). The molecule has 1 heterocycles. The van der Waals surface area contributed by atoms with Gasteiger partial charge in [0.25, 0.3) is 11.8 Å². The van der Waals surface area contributed by atoms with Gasteiger partial charge in [-0.1, -0.05) is 30.3 Å². The van der Waals surface area contributed by atoms with Crippen LogP contribution in [0.5, 0.6) is 0 Å². The van der Waals surface area contributed by atoms with Crippen LogP contribution < -0.4 is 5.32 Å². The number of thiophene rings is 1. The van der Waals surface area contributed by atoms with Gasteiger partial charge >= 0.3 is 5.97 Å². The Morgan fingerprint density at radius 2 is 1.80 bits per heavy atom. The Balaban J connectivity index is 1.94. The number of hydrogen-bond donors (Lipinski definition) is 2. The summed E-state index contributed by atoms with van der Waals surface area (Å²) in [6.07, 6.45) is 2.01. The number of nitriles is 1. The summed E-state index contributed by atoms with van der Waals surface area (Å²) in [4.78, 5) is 38.2. The molecule has 1 aromatic heterocycles. The predicted molar refractivity (Wildman–Crippen MR) is 113 cm³/mol. The summed E-state index contributed by atoms with van der Waals surface area (Å²) < 4.78 is 1.05. The number of rotatable bonds is 7. The lowest BCUT2D eigenvalue weighted by Crippen LogP contribution is -2.48. The fraction of sp³-hybridized carbons (Fsp3) is 0.182. The highest BCUT2D eigenvalue weighted by Crippen LogP contribution is 2.27. The molecule has 152 valence electrons. The fourth-order valence-electron chi connectivity index (χ4n) is 3.18. The van der Waals surface area contributed by atoms with Gasteiger partial charge in [-0.05, 0) is 41.5 Å². The van der Waals surface area contributed by atoms with Crippen molar-refractivity contribution in [1.82, 2.24) is 10.2 Å². The highest BCUT2D eigenvalue weighted by atomic mass is 32.1. The van der Waals surface area contributed by atoms with E-state index in [4.69, 9.17) is 0 Å². The number of carboxylic acid groups (broad SMARTS) is 1. The zero-order valence-corrected chi connectivity index (χ0v) is 17.0. The molecule has 2 aromatic carbocycles. The molecule has 0 radical (unpaired) electrons. The largest absolute Gasteiger partial charge is 0.478 e. The van der Waals surface area contributed by atoms with E-state index in [1.54, 1.807) is 13.0 Å². The Kier molecular flexibility index (Phi) is 6.45. The Bertz CT molecular complexity index is 1150. The lowest BCUT2D eigenvalue weighted by Gasteiger charge is -2.22. The first-order valence-corrected chi connectivity index (χ1v) is 10.1. The quantitative estimate of drug-likeness (QED) is 0.449. The first-order valence-electron chi connectivity index (χ1n) is 9.25. The molecule has 2 N–H and O–H groups in total. The van der Waals surface area contributed by atoms with Crippen molar-refractivity contribution in [2.75, 3.05) is 6.54 Å². The maximum absolute atomic E-state index is 12.9. The minimum Gasteiger partial charge on any atom is -0.478 e. The summed E-state index contributed by atoms with van der Waals surface area (Å²) in [5.41, 5.74) is 0.669. The zero-order valence-electron chi connectivity index (χ0n) is 16.2. The normalized spacial score (nSPS) is 11.5. The number of carbonyl (C=O) groups excluding carboxylic acids is 2. The molecule has 0 spiro atoms. The highest BCUT2D eigenvalue weighted by Gasteiger charge is 2.28. The van der Waals surface area contributed by atoms with Gasteiger partial charge in [-0.25, -0.2) is 9.69 Å². The van der Waals surface area contributed by atoms with Crippen molar-refractivity contribution in [1.29, 1.82) is 5.26 Å². The number of nitrogens with one attached hydrogen (secondary N) is 1. The van der Waals surface area contributed by atoms with Gasteiger partial charge in [0, 0.05) is 17.7 Å². The van der Waals surface area contributed by atoms with Crippen LogP contribution >= 0.6 is 11.3 Å². The second-order valence-corrected chi connectivity index (χ2v) is 7.43. The van der Waals surface area contributed by atoms with Crippen LogP contribution in [0.15, 0.2) is 53.9 Å². The summed E-state index contributed by atoms with van der Waals surface area (Å²) in [5, 5.41) is 24.2. The van der Waals surface area contributed by atoms with Gasteiger partial charge in [0.15, 0.2) is 6.19 Å². The predicted octanol–water partition coefficient (Wildman–Crippen LogP) is 3.27. The van der Waals surface area contributed by atoms with Crippen LogP contribution in [0.3, 0.4) is 0 Å². The van der Waals surface area contributed by atoms with Crippen molar-refractivity contribution < 1.29 is 19.5 Å². The van der Waals surface area contributed by atoms with Crippen LogP contribution in [0.25, 0.3) is 10.1 Å². The summed E-state index contributed by atoms with van der Waals surface area (Å²) >= 11 is 1.53. The zero-order chi connectivity index (χ0) is 21.7. The van der Waals surface area contributed by atoms with Crippen LogP contribution in [0, 0.1) is 11.5 Å². The average molecular weight is 421 g/mol. The van der Waals surface area contributed by atoms with Gasteiger partial charge in [0.05, 0.1) is 11.1 Å². The van der Waals surface area contributed by atoms with E-state index in [-0.39, 0.29) is 24.1 Å². The standard InChI is InChI=1S/C22H19N3O4S/c1-2-25(13-23)21(27)18(11-14-12-30-19-10-6-5-7-15(14)19)24-20(26)16-8-3-4-9-17(16)22(28)29/h3-10,12,18H,2,11H2,1H3,(H,24,26)(H,28,29).